The Balaban J connectivity index is 0.00000259. The van der Waals surface area contributed by atoms with Crippen LogP contribution in [0.25, 0.3) is 39.5 Å². The van der Waals surface area contributed by atoms with Crippen molar-refractivity contribution >= 4 is 29.4 Å². The molecule has 1 unspecified atom stereocenters. The first kappa shape index (κ1) is 22.5. The summed E-state index contributed by atoms with van der Waals surface area (Å²) in [4.78, 5) is 14.1. The topological polar surface area (TPSA) is 95.6 Å². The van der Waals surface area contributed by atoms with Crippen LogP contribution in [-0.4, -0.2) is 25.6 Å². The highest BCUT2D eigenvalue weighted by Gasteiger charge is 2.18. The van der Waals surface area contributed by atoms with Crippen LogP contribution in [0.2, 0.25) is 0 Å². The zero-order chi connectivity index (χ0) is 22.1. The molecule has 3 aromatic heterocycles. The third kappa shape index (κ3) is 4.44. The second kappa shape index (κ2) is 9.40. The zero-order valence-corrected chi connectivity index (χ0v) is 19.0. The molecule has 0 aliphatic heterocycles. The van der Waals surface area contributed by atoms with Crippen LogP contribution in [0.15, 0.2) is 85.1 Å². The fraction of sp³-hybridized carbons (Fsp3) is 0.115. The number of hydrogen-bond donors (Lipinski definition) is 2. The zero-order valence-electron chi connectivity index (χ0n) is 18.2. The van der Waals surface area contributed by atoms with E-state index in [1.165, 1.54) is 5.56 Å². The fourth-order valence-corrected chi connectivity index (χ4v) is 3.91. The van der Waals surface area contributed by atoms with E-state index in [1.807, 2.05) is 54.0 Å². The number of nitrogens with zero attached hydrogens (tertiary/aromatic N) is 4. The summed E-state index contributed by atoms with van der Waals surface area (Å²) in [5.41, 5.74) is 18.6. The lowest BCUT2D eigenvalue weighted by atomic mass is 10.1. The second-order valence-electron chi connectivity index (χ2n) is 7.96. The lowest BCUT2D eigenvalue weighted by molar-refractivity contribution is 0.738. The molecule has 1 atom stereocenters. The minimum absolute atomic E-state index is 0. The van der Waals surface area contributed by atoms with Crippen LogP contribution in [-0.2, 0) is 6.42 Å². The van der Waals surface area contributed by atoms with E-state index < -0.39 is 0 Å². The van der Waals surface area contributed by atoms with E-state index in [4.69, 9.17) is 21.4 Å². The molecule has 5 rings (SSSR count). The molecule has 0 aliphatic rings. The maximum atomic E-state index is 6.22. The van der Waals surface area contributed by atoms with Gasteiger partial charge in [-0.15, -0.1) is 12.4 Å². The Bertz CT molecular complexity index is 1380. The van der Waals surface area contributed by atoms with Crippen molar-refractivity contribution in [1.82, 2.24) is 19.5 Å². The summed E-state index contributed by atoms with van der Waals surface area (Å²) in [6.07, 6.45) is 2.50. The molecular weight excluding hydrogens is 432 g/mol. The molecule has 0 bridgehead atoms. The molecule has 0 saturated carbocycles. The van der Waals surface area contributed by atoms with Gasteiger partial charge in [-0.1, -0.05) is 42.5 Å². The predicted molar refractivity (Wildman–Crippen MR) is 137 cm³/mol. The molecule has 0 aliphatic carbocycles. The number of pyridine rings is 2. The number of nitrogen functional groups attached to an aromatic ring is 1. The van der Waals surface area contributed by atoms with Gasteiger partial charge in [0.1, 0.15) is 11.3 Å². The van der Waals surface area contributed by atoms with Crippen molar-refractivity contribution in [1.29, 1.82) is 0 Å². The van der Waals surface area contributed by atoms with Gasteiger partial charge in [0.05, 0.1) is 11.3 Å². The molecule has 166 valence electrons. The highest BCUT2D eigenvalue weighted by Crippen LogP contribution is 2.31. The highest BCUT2D eigenvalue weighted by molar-refractivity contribution is 5.85. The van der Waals surface area contributed by atoms with Crippen LogP contribution < -0.4 is 11.5 Å². The molecule has 6 nitrogen and oxygen atoms in total. The van der Waals surface area contributed by atoms with E-state index in [0.717, 1.165) is 40.1 Å². The number of anilines is 1. The molecule has 2 aromatic carbocycles. The van der Waals surface area contributed by atoms with Crippen LogP contribution in [0.1, 0.15) is 12.5 Å². The molecule has 33 heavy (non-hydrogen) atoms. The number of benzene rings is 2. The van der Waals surface area contributed by atoms with E-state index in [2.05, 4.69) is 41.4 Å². The molecule has 3 heterocycles. The molecule has 0 amide bonds. The number of nitrogens with two attached hydrogens (primary N) is 2. The van der Waals surface area contributed by atoms with Gasteiger partial charge in [-0.25, -0.2) is 15.0 Å². The standard InChI is InChI=1S/C26H24N6.ClH/c1-17(27)16-18-9-11-20(12-10-18)32-25(21-8-5-15-29-24(21)28)31-23-14-13-22(30-26(23)32)19-6-3-2-4-7-19;/h2-15,17H,16,27H2,1H3,(H2,28,29);1H. The SMILES string of the molecule is CC(N)Cc1ccc(-n2c(-c3cccnc3N)nc3ccc(-c4ccccc4)nc32)cc1.Cl. The fourth-order valence-electron chi connectivity index (χ4n) is 3.91. The minimum Gasteiger partial charge on any atom is -0.383 e. The van der Waals surface area contributed by atoms with Gasteiger partial charge < -0.3 is 11.5 Å². The molecule has 0 radical (unpaired) electrons. The van der Waals surface area contributed by atoms with E-state index in [-0.39, 0.29) is 18.4 Å². The maximum absolute atomic E-state index is 6.22. The molecule has 4 N–H and O–H groups in total. The molecule has 0 fully saturated rings. The Labute approximate surface area is 198 Å². The van der Waals surface area contributed by atoms with Crippen molar-refractivity contribution < 1.29 is 0 Å². The van der Waals surface area contributed by atoms with Gasteiger partial charge >= 0.3 is 0 Å². The summed E-state index contributed by atoms with van der Waals surface area (Å²) < 4.78 is 2.05. The number of hydrogen-bond acceptors (Lipinski definition) is 5. The lowest BCUT2D eigenvalue weighted by Crippen LogP contribution is -2.17. The molecule has 7 heteroatoms. The van der Waals surface area contributed by atoms with Crippen molar-refractivity contribution in [3.05, 3.63) is 90.6 Å². The van der Waals surface area contributed by atoms with Crippen LogP contribution in [0.4, 0.5) is 5.82 Å². The van der Waals surface area contributed by atoms with Gasteiger partial charge in [-0.05, 0) is 55.3 Å². The van der Waals surface area contributed by atoms with Crippen molar-refractivity contribution in [2.75, 3.05) is 5.73 Å². The van der Waals surface area contributed by atoms with Crippen LogP contribution in [0.3, 0.4) is 0 Å². The van der Waals surface area contributed by atoms with Gasteiger partial charge in [-0.3, -0.25) is 4.57 Å². The number of fused-ring (bicyclic) bond motifs is 1. The van der Waals surface area contributed by atoms with Gasteiger partial charge in [-0.2, -0.15) is 0 Å². The molecular formula is C26H25ClN6. The second-order valence-corrected chi connectivity index (χ2v) is 7.96. The summed E-state index contributed by atoms with van der Waals surface area (Å²) in [5.74, 6) is 1.14. The number of imidazole rings is 1. The summed E-state index contributed by atoms with van der Waals surface area (Å²) >= 11 is 0. The van der Waals surface area contributed by atoms with Gasteiger partial charge in [0.2, 0.25) is 0 Å². The van der Waals surface area contributed by atoms with Crippen LogP contribution >= 0.6 is 12.4 Å². The summed E-state index contributed by atoms with van der Waals surface area (Å²) in [6, 6.07) is 26.4. The Morgan fingerprint density at radius 1 is 0.879 bits per heavy atom. The third-order valence-corrected chi connectivity index (χ3v) is 5.41. The van der Waals surface area contributed by atoms with Crippen molar-refractivity contribution in [2.24, 2.45) is 5.73 Å². The smallest absolute Gasteiger partial charge is 0.165 e. The van der Waals surface area contributed by atoms with Gasteiger partial charge in [0, 0.05) is 23.5 Å². The maximum Gasteiger partial charge on any atom is 0.165 e. The van der Waals surface area contributed by atoms with E-state index >= 15 is 0 Å². The van der Waals surface area contributed by atoms with Crippen LogP contribution in [0.5, 0.6) is 0 Å². The predicted octanol–water partition coefficient (Wildman–Crippen LogP) is 5.04. The number of aromatic nitrogens is 4. The first-order valence-electron chi connectivity index (χ1n) is 10.6. The van der Waals surface area contributed by atoms with Crippen LogP contribution in [0, 0.1) is 0 Å². The summed E-state index contributed by atoms with van der Waals surface area (Å²) in [6.45, 7) is 2.01. The Kier molecular flexibility index (Phi) is 6.40. The first-order chi connectivity index (χ1) is 15.6. The first-order valence-corrected chi connectivity index (χ1v) is 10.6. The third-order valence-electron chi connectivity index (χ3n) is 5.41. The molecule has 0 spiro atoms. The lowest BCUT2D eigenvalue weighted by Gasteiger charge is -2.12. The number of rotatable bonds is 5. The van der Waals surface area contributed by atoms with Crippen molar-refractivity contribution in [3.8, 4) is 28.3 Å². The van der Waals surface area contributed by atoms with E-state index in [9.17, 15) is 0 Å². The molecule has 0 saturated heterocycles. The van der Waals surface area contributed by atoms with Crippen molar-refractivity contribution in [3.63, 3.8) is 0 Å². The summed E-state index contributed by atoms with van der Waals surface area (Å²) in [5, 5.41) is 0. The quantitative estimate of drug-likeness (QED) is 0.386. The Hall–Kier alpha value is -3.74. The Morgan fingerprint density at radius 2 is 1.64 bits per heavy atom. The average molecular weight is 457 g/mol. The summed E-state index contributed by atoms with van der Waals surface area (Å²) in [7, 11) is 0. The largest absolute Gasteiger partial charge is 0.383 e. The normalized spacial score (nSPS) is 11.8. The highest BCUT2D eigenvalue weighted by atomic mass is 35.5. The minimum atomic E-state index is 0. The molecule has 5 aromatic rings. The average Bonchev–Trinajstić information content (AvgIpc) is 3.18. The monoisotopic (exact) mass is 456 g/mol. The van der Waals surface area contributed by atoms with Gasteiger partial charge in [0.25, 0.3) is 0 Å². The van der Waals surface area contributed by atoms with E-state index in [1.54, 1.807) is 6.20 Å². The number of halogens is 1. The van der Waals surface area contributed by atoms with Gasteiger partial charge in [0.15, 0.2) is 11.5 Å². The Morgan fingerprint density at radius 3 is 2.33 bits per heavy atom. The van der Waals surface area contributed by atoms with E-state index in [0.29, 0.717) is 11.6 Å². The van der Waals surface area contributed by atoms with Crippen molar-refractivity contribution in [2.45, 2.75) is 19.4 Å².